The number of aromatic hydroxyl groups is 1. The molecule has 2 N–H and O–H groups in total. The molecule has 0 fully saturated rings. The second-order valence-electron chi connectivity index (χ2n) is 5.96. The van der Waals surface area contributed by atoms with Crippen molar-refractivity contribution in [3.63, 3.8) is 0 Å². The molecular weight excluding hydrogens is 430 g/mol. The number of carbonyl (C=O) groups is 1. The first-order valence-electron chi connectivity index (χ1n) is 8.32. The Morgan fingerprint density at radius 1 is 1.30 bits per heavy atom. The Labute approximate surface area is 169 Å². The van der Waals surface area contributed by atoms with Gasteiger partial charge in [0, 0.05) is 6.42 Å². The summed E-state index contributed by atoms with van der Waals surface area (Å²) in [6.45, 7) is 0. The van der Waals surface area contributed by atoms with Crippen LogP contribution in [-0.4, -0.2) is 28.3 Å². The van der Waals surface area contributed by atoms with Gasteiger partial charge >= 0.3 is 5.97 Å². The first kappa shape index (κ1) is 19.4. The van der Waals surface area contributed by atoms with Crippen LogP contribution in [0, 0.1) is 0 Å². The predicted molar refractivity (Wildman–Crippen MR) is 111 cm³/mol. The van der Waals surface area contributed by atoms with Crippen molar-refractivity contribution in [2.75, 3.05) is 7.11 Å². The Hall–Kier alpha value is -2.38. The number of ether oxygens (including phenoxy) is 1. The lowest BCUT2D eigenvalue weighted by molar-refractivity contribution is -0.137. The molecule has 3 aromatic rings. The van der Waals surface area contributed by atoms with Crippen molar-refractivity contribution >= 4 is 55.1 Å². The zero-order chi connectivity index (χ0) is 19.4. The molecule has 140 valence electrons. The standard InChI is InChI=1S/C20H18BrNO4S/c1-26-16-11-12(10-14(21)19(16)25)9-13(5-4-8-18(23)24)20-22-15-6-2-3-7-17(15)27-20/h2-3,6-7,9-11,25H,4-5,8H2,1H3,(H,23,24)/b13-9-. The van der Waals surface area contributed by atoms with Gasteiger partial charge in [-0.1, -0.05) is 12.1 Å². The van der Waals surface area contributed by atoms with Gasteiger partial charge < -0.3 is 14.9 Å². The Morgan fingerprint density at radius 3 is 2.78 bits per heavy atom. The maximum absolute atomic E-state index is 10.9. The van der Waals surface area contributed by atoms with E-state index in [1.165, 1.54) is 7.11 Å². The summed E-state index contributed by atoms with van der Waals surface area (Å²) in [5.74, 6) is -0.403. The van der Waals surface area contributed by atoms with E-state index in [0.717, 1.165) is 26.4 Å². The predicted octanol–water partition coefficient (Wildman–Crippen LogP) is 5.57. The number of benzene rings is 2. The van der Waals surface area contributed by atoms with Crippen LogP contribution in [-0.2, 0) is 4.79 Å². The highest BCUT2D eigenvalue weighted by Crippen LogP contribution is 2.37. The Morgan fingerprint density at radius 2 is 2.07 bits per heavy atom. The first-order chi connectivity index (χ1) is 13.0. The number of aliphatic carboxylic acids is 1. The molecule has 0 atom stereocenters. The number of phenolic OH excluding ortho intramolecular Hbond substituents is 1. The maximum atomic E-state index is 10.9. The normalized spacial score (nSPS) is 11.7. The van der Waals surface area contributed by atoms with Crippen LogP contribution in [0.4, 0.5) is 0 Å². The number of hydrogen-bond donors (Lipinski definition) is 2. The summed E-state index contributed by atoms with van der Waals surface area (Å²) >= 11 is 4.92. The molecule has 1 heterocycles. The lowest BCUT2D eigenvalue weighted by Gasteiger charge is -2.08. The van der Waals surface area contributed by atoms with E-state index < -0.39 is 5.97 Å². The molecule has 0 saturated heterocycles. The fraction of sp³-hybridized carbons (Fsp3) is 0.200. The number of allylic oxidation sites excluding steroid dienone is 1. The van der Waals surface area contributed by atoms with Crippen molar-refractivity contribution in [1.82, 2.24) is 4.98 Å². The van der Waals surface area contributed by atoms with Crippen molar-refractivity contribution in [2.45, 2.75) is 19.3 Å². The van der Waals surface area contributed by atoms with Gasteiger partial charge in [-0.2, -0.15) is 0 Å². The molecular formula is C20H18BrNO4S. The number of rotatable bonds is 7. The highest BCUT2D eigenvalue weighted by molar-refractivity contribution is 9.10. The van der Waals surface area contributed by atoms with E-state index in [9.17, 15) is 9.90 Å². The number of hydrogen-bond acceptors (Lipinski definition) is 5. The average Bonchev–Trinajstić information content (AvgIpc) is 3.07. The zero-order valence-electron chi connectivity index (χ0n) is 14.6. The van der Waals surface area contributed by atoms with Crippen LogP contribution in [0.2, 0.25) is 0 Å². The molecule has 5 nitrogen and oxygen atoms in total. The van der Waals surface area contributed by atoms with Crippen molar-refractivity contribution in [1.29, 1.82) is 0 Å². The summed E-state index contributed by atoms with van der Waals surface area (Å²) in [6.07, 6.45) is 3.18. The molecule has 0 unspecified atom stereocenters. The molecule has 0 saturated carbocycles. The van der Waals surface area contributed by atoms with Crippen LogP contribution in [0.25, 0.3) is 21.9 Å². The summed E-state index contributed by atoms with van der Waals surface area (Å²) in [4.78, 5) is 15.6. The molecule has 0 aliphatic heterocycles. The highest BCUT2D eigenvalue weighted by atomic mass is 79.9. The number of carboxylic acids is 1. The van der Waals surface area contributed by atoms with Gasteiger partial charge in [0.1, 0.15) is 5.01 Å². The Kier molecular flexibility index (Phi) is 6.13. The largest absolute Gasteiger partial charge is 0.503 e. The molecule has 0 aliphatic rings. The number of phenols is 1. The lowest BCUT2D eigenvalue weighted by atomic mass is 10.0. The van der Waals surface area contributed by atoms with Crippen LogP contribution < -0.4 is 4.74 Å². The van der Waals surface area contributed by atoms with Crippen LogP contribution in [0.5, 0.6) is 11.5 Å². The van der Waals surface area contributed by atoms with E-state index in [1.807, 2.05) is 30.3 Å². The first-order valence-corrected chi connectivity index (χ1v) is 9.93. The van der Waals surface area contributed by atoms with Crippen LogP contribution in [0.3, 0.4) is 0 Å². The van der Waals surface area contributed by atoms with E-state index in [1.54, 1.807) is 23.5 Å². The summed E-state index contributed by atoms with van der Waals surface area (Å²) in [6, 6.07) is 11.4. The Bertz CT molecular complexity index is 979. The molecule has 1 aromatic heterocycles. The number of aromatic nitrogens is 1. The van der Waals surface area contributed by atoms with E-state index >= 15 is 0 Å². The van der Waals surface area contributed by atoms with Crippen molar-refractivity contribution in [2.24, 2.45) is 0 Å². The van der Waals surface area contributed by atoms with Gasteiger partial charge in [-0.05, 0) is 70.2 Å². The summed E-state index contributed by atoms with van der Waals surface area (Å²) in [5, 5.41) is 19.8. The summed E-state index contributed by atoms with van der Waals surface area (Å²) in [7, 11) is 1.50. The van der Waals surface area contributed by atoms with Crippen molar-refractivity contribution in [3.8, 4) is 11.5 Å². The molecule has 7 heteroatoms. The molecule has 2 aromatic carbocycles. The van der Waals surface area contributed by atoms with Crippen LogP contribution in [0.1, 0.15) is 29.8 Å². The number of halogens is 1. The number of para-hydroxylation sites is 1. The van der Waals surface area contributed by atoms with Crippen LogP contribution in [0.15, 0.2) is 40.9 Å². The molecule has 0 bridgehead atoms. The van der Waals surface area contributed by atoms with Gasteiger partial charge in [0.25, 0.3) is 0 Å². The van der Waals surface area contributed by atoms with Crippen molar-refractivity contribution < 1.29 is 19.7 Å². The van der Waals surface area contributed by atoms with Gasteiger partial charge in [0.05, 0.1) is 21.8 Å². The zero-order valence-corrected chi connectivity index (χ0v) is 17.0. The van der Waals surface area contributed by atoms with Gasteiger partial charge in [-0.3, -0.25) is 4.79 Å². The lowest BCUT2D eigenvalue weighted by Crippen LogP contribution is -1.95. The minimum Gasteiger partial charge on any atom is -0.503 e. The van der Waals surface area contributed by atoms with E-state index in [2.05, 4.69) is 15.9 Å². The second-order valence-corrected chi connectivity index (χ2v) is 7.84. The minimum atomic E-state index is -0.812. The third kappa shape index (κ3) is 4.67. The number of carboxylic acid groups (broad SMARTS) is 1. The average molecular weight is 448 g/mol. The number of fused-ring (bicyclic) bond motifs is 1. The molecule has 0 radical (unpaired) electrons. The van der Waals surface area contributed by atoms with Gasteiger partial charge in [0.2, 0.25) is 0 Å². The SMILES string of the molecule is COc1cc(/C=C(/CCCC(=O)O)c2nc3ccccc3s2)cc(Br)c1O. The fourth-order valence-corrected chi connectivity index (χ4v) is 4.18. The third-order valence-electron chi connectivity index (χ3n) is 4.02. The quantitative estimate of drug-likeness (QED) is 0.494. The second kappa shape index (κ2) is 8.54. The monoisotopic (exact) mass is 447 g/mol. The van der Waals surface area contributed by atoms with Gasteiger partial charge in [0.15, 0.2) is 11.5 Å². The van der Waals surface area contributed by atoms with E-state index in [0.29, 0.717) is 23.1 Å². The molecule has 0 aliphatic carbocycles. The molecule has 27 heavy (non-hydrogen) atoms. The van der Waals surface area contributed by atoms with E-state index in [4.69, 9.17) is 14.8 Å². The summed E-state index contributed by atoms with van der Waals surface area (Å²) < 4.78 is 6.83. The number of methoxy groups -OCH3 is 1. The van der Waals surface area contributed by atoms with Gasteiger partial charge in [-0.15, -0.1) is 11.3 Å². The molecule has 3 rings (SSSR count). The smallest absolute Gasteiger partial charge is 0.303 e. The van der Waals surface area contributed by atoms with Crippen molar-refractivity contribution in [3.05, 3.63) is 51.4 Å². The highest BCUT2D eigenvalue weighted by Gasteiger charge is 2.12. The molecule has 0 spiro atoms. The van der Waals surface area contributed by atoms with Gasteiger partial charge in [-0.25, -0.2) is 4.98 Å². The third-order valence-corrected chi connectivity index (χ3v) is 5.73. The Balaban J connectivity index is 2.02. The van der Waals surface area contributed by atoms with Crippen LogP contribution >= 0.6 is 27.3 Å². The maximum Gasteiger partial charge on any atom is 0.303 e. The minimum absolute atomic E-state index is 0.0436. The summed E-state index contributed by atoms with van der Waals surface area (Å²) in [5.41, 5.74) is 2.71. The fourth-order valence-electron chi connectivity index (χ4n) is 2.71. The van der Waals surface area contributed by atoms with E-state index in [-0.39, 0.29) is 12.2 Å². The molecule has 0 amide bonds. The number of thiazole rings is 1. The number of nitrogens with zero attached hydrogens (tertiary/aromatic N) is 1. The topological polar surface area (TPSA) is 79.7 Å².